The molecule has 0 fully saturated rings. The maximum absolute atomic E-state index is 12.7. The number of para-hydroxylation sites is 1. The molecular formula is C17H12N2O2. The summed E-state index contributed by atoms with van der Waals surface area (Å²) in [6, 6.07) is 14.9. The van der Waals surface area contributed by atoms with Crippen LogP contribution in [0.4, 0.5) is 5.69 Å². The zero-order valence-corrected chi connectivity index (χ0v) is 11.2. The van der Waals surface area contributed by atoms with E-state index < -0.39 is 0 Å². The van der Waals surface area contributed by atoms with Gasteiger partial charge in [0.2, 0.25) is 0 Å². The van der Waals surface area contributed by atoms with Crippen molar-refractivity contribution in [1.29, 1.82) is 0 Å². The molecule has 2 aromatic carbocycles. The van der Waals surface area contributed by atoms with E-state index in [0.717, 1.165) is 11.1 Å². The van der Waals surface area contributed by atoms with Crippen molar-refractivity contribution in [2.75, 3.05) is 5.32 Å². The summed E-state index contributed by atoms with van der Waals surface area (Å²) in [4.78, 5) is 26.7. The number of rotatable bonds is 0. The zero-order chi connectivity index (χ0) is 14.4. The number of hydrogen-bond donors (Lipinski definition) is 1. The number of anilines is 1. The molecule has 2 aliphatic rings. The fourth-order valence-corrected chi connectivity index (χ4v) is 2.78. The van der Waals surface area contributed by atoms with Crippen LogP contribution in [0.2, 0.25) is 0 Å². The third-order valence-corrected chi connectivity index (χ3v) is 3.85. The fourth-order valence-electron chi connectivity index (χ4n) is 2.78. The molecule has 0 spiro atoms. The molecule has 4 nitrogen and oxygen atoms in total. The van der Waals surface area contributed by atoms with Crippen LogP contribution < -0.4 is 5.32 Å². The van der Waals surface area contributed by atoms with Crippen molar-refractivity contribution in [2.24, 2.45) is 0 Å². The number of amides is 2. The number of benzene rings is 2. The van der Waals surface area contributed by atoms with Gasteiger partial charge in [-0.15, -0.1) is 0 Å². The molecule has 2 amide bonds. The van der Waals surface area contributed by atoms with Crippen LogP contribution in [0.25, 0.3) is 6.08 Å². The topological polar surface area (TPSA) is 49.4 Å². The molecule has 2 heterocycles. The highest BCUT2D eigenvalue weighted by molar-refractivity contribution is 6.17. The van der Waals surface area contributed by atoms with E-state index in [1.807, 2.05) is 24.3 Å². The minimum Gasteiger partial charge on any atom is -0.320 e. The van der Waals surface area contributed by atoms with Crippen molar-refractivity contribution >= 4 is 23.6 Å². The van der Waals surface area contributed by atoms with Gasteiger partial charge in [-0.05, 0) is 29.3 Å². The number of carbonyl (C=O) groups is 2. The van der Waals surface area contributed by atoms with E-state index in [2.05, 4.69) is 5.32 Å². The lowest BCUT2D eigenvalue weighted by molar-refractivity contribution is -0.114. The molecule has 0 unspecified atom stereocenters. The van der Waals surface area contributed by atoms with Crippen molar-refractivity contribution < 1.29 is 9.59 Å². The Bertz CT molecular complexity index is 808. The summed E-state index contributed by atoms with van der Waals surface area (Å²) in [5, 5.41) is 2.81. The maximum atomic E-state index is 12.7. The van der Waals surface area contributed by atoms with Gasteiger partial charge in [0.15, 0.2) is 0 Å². The Labute approximate surface area is 121 Å². The molecule has 0 saturated heterocycles. The van der Waals surface area contributed by atoms with Gasteiger partial charge >= 0.3 is 0 Å². The predicted octanol–water partition coefficient (Wildman–Crippen LogP) is 2.64. The Morgan fingerprint density at radius 3 is 2.62 bits per heavy atom. The lowest BCUT2D eigenvalue weighted by Gasteiger charge is -2.27. The molecule has 4 rings (SSSR count). The summed E-state index contributed by atoms with van der Waals surface area (Å²) in [7, 11) is 0. The molecule has 21 heavy (non-hydrogen) atoms. The van der Waals surface area contributed by atoms with Gasteiger partial charge in [0.1, 0.15) is 5.70 Å². The molecule has 2 aromatic rings. The Hall–Kier alpha value is -2.88. The van der Waals surface area contributed by atoms with Crippen LogP contribution in [0, 0.1) is 0 Å². The quantitative estimate of drug-likeness (QED) is 0.804. The smallest absolute Gasteiger partial charge is 0.272 e. The van der Waals surface area contributed by atoms with Gasteiger partial charge in [-0.25, -0.2) is 0 Å². The number of fused-ring (bicyclic) bond motifs is 3. The second kappa shape index (κ2) is 4.31. The molecule has 4 heteroatoms. The molecule has 1 N–H and O–H groups in total. The second-order valence-corrected chi connectivity index (χ2v) is 5.12. The summed E-state index contributed by atoms with van der Waals surface area (Å²) in [6.07, 6.45) is 1.78. The molecule has 0 bridgehead atoms. The lowest BCUT2D eigenvalue weighted by Crippen LogP contribution is -2.34. The summed E-state index contributed by atoms with van der Waals surface area (Å²) in [6.45, 7) is 0.419. The minimum atomic E-state index is -0.247. The third kappa shape index (κ3) is 1.76. The summed E-state index contributed by atoms with van der Waals surface area (Å²) in [5.74, 6) is -0.396. The van der Waals surface area contributed by atoms with Gasteiger partial charge in [0, 0.05) is 0 Å². The Kier molecular flexibility index (Phi) is 2.44. The molecular weight excluding hydrogens is 264 g/mol. The summed E-state index contributed by atoms with van der Waals surface area (Å²) < 4.78 is 0. The van der Waals surface area contributed by atoms with Gasteiger partial charge in [0.25, 0.3) is 11.8 Å². The highest BCUT2D eigenvalue weighted by Crippen LogP contribution is 2.31. The minimum absolute atomic E-state index is 0.148. The first-order valence-electron chi connectivity index (χ1n) is 6.76. The number of hydrogen-bond acceptors (Lipinski definition) is 2. The van der Waals surface area contributed by atoms with E-state index in [1.54, 1.807) is 35.2 Å². The molecule has 0 radical (unpaired) electrons. The van der Waals surface area contributed by atoms with Gasteiger partial charge < -0.3 is 5.32 Å². The largest absolute Gasteiger partial charge is 0.320 e. The third-order valence-electron chi connectivity index (χ3n) is 3.85. The van der Waals surface area contributed by atoms with Crippen molar-refractivity contribution in [3.8, 4) is 0 Å². The standard InChI is InChI=1S/C17H12N2O2/c20-16-15-9-11-5-1-2-6-12(11)10-19(15)17(21)13-7-3-4-8-14(13)18-16/h1-9H,10H2,(H,18,20). The van der Waals surface area contributed by atoms with E-state index in [-0.39, 0.29) is 11.8 Å². The van der Waals surface area contributed by atoms with Crippen LogP contribution in [0.3, 0.4) is 0 Å². The van der Waals surface area contributed by atoms with Gasteiger partial charge in [-0.2, -0.15) is 0 Å². The average Bonchev–Trinajstić information content (AvgIpc) is 2.62. The van der Waals surface area contributed by atoms with Crippen LogP contribution in [-0.4, -0.2) is 16.7 Å². The molecule has 2 aliphatic heterocycles. The van der Waals surface area contributed by atoms with Gasteiger partial charge in [-0.3, -0.25) is 14.5 Å². The number of nitrogens with zero attached hydrogens (tertiary/aromatic N) is 1. The number of carbonyl (C=O) groups excluding carboxylic acids is 2. The molecule has 0 aliphatic carbocycles. The molecule has 102 valence electrons. The summed E-state index contributed by atoms with van der Waals surface area (Å²) in [5.41, 5.74) is 3.51. The Morgan fingerprint density at radius 1 is 0.952 bits per heavy atom. The van der Waals surface area contributed by atoms with Crippen molar-refractivity contribution in [2.45, 2.75) is 6.54 Å². The monoisotopic (exact) mass is 276 g/mol. The number of nitrogens with one attached hydrogen (secondary N) is 1. The fraction of sp³-hybridized carbons (Fsp3) is 0.0588. The summed E-state index contributed by atoms with van der Waals surface area (Å²) >= 11 is 0. The SMILES string of the molecule is O=C1Nc2ccccc2C(=O)N2Cc3ccccc3C=C12. The molecule has 0 aromatic heterocycles. The van der Waals surface area contributed by atoms with Crippen LogP contribution in [-0.2, 0) is 11.3 Å². The highest BCUT2D eigenvalue weighted by atomic mass is 16.2. The predicted molar refractivity (Wildman–Crippen MR) is 79.4 cm³/mol. The van der Waals surface area contributed by atoms with E-state index in [0.29, 0.717) is 23.5 Å². The van der Waals surface area contributed by atoms with Crippen molar-refractivity contribution in [3.05, 3.63) is 70.9 Å². The first-order chi connectivity index (χ1) is 10.2. The van der Waals surface area contributed by atoms with Crippen LogP contribution in [0.15, 0.2) is 54.2 Å². The van der Waals surface area contributed by atoms with E-state index in [9.17, 15) is 9.59 Å². The normalized spacial score (nSPS) is 16.2. The van der Waals surface area contributed by atoms with Crippen LogP contribution in [0.5, 0.6) is 0 Å². The first kappa shape index (κ1) is 11.9. The first-order valence-corrected chi connectivity index (χ1v) is 6.76. The van der Waals surface area contributed by atoms with E-state index >= 15 is 0 Å². The maximum Gasteiger partial charge on any atom is 0.272 e. The Morgan fingerprint density at radius 2 is 1.71 bits per heavy atom. The van der Waals surface area contributed by atoms with Crippen LogP contribution in [0.1, 0.15) is 21.5 Å². The Balaban J connectivity index is 1.90. The van der Waals surface area contributed by atoms with Crippen molar-refractivity contribution in [3.63, 3.8) is 0 Å². The molecule has 0 atom stereocenters. The van der Waals surface area contributed by atoms with Crippen LogP contribution >= 0.6 is 0 Å². The lowest BCUT2D eigenvalue weighted by atomic mass is 10.0. The van der Waals surface area contributed by atoms with Gasteiger partial charge in [0.05, 0.1) is 17.8 Å². The van der Waals surface area contributed by atoms with Crippen molar-refractivity contribution in [1.82, 2.24) is 4.90 Å². The van der Waals surface area contributed by atoms with E-state index in [1.165, 1.54) is 0 Å². The van der Waals surface area contributed by atoms with Gasteiger partial charge in [-0.1, -0.05) is 36.4 Å². The molecule has 0 saturated carbocycles. The highest BCUT2D eigenvalue weighted by Gasteiger charge is 2.33. The second-order valence-electron chi connectivity index (χ2n) is 5.12. The average molecular weight is 276 g/mol. The zero-order valence-electron chi connectivity index (χ0n) is 11.2. The van der Waals surface area contributed by atoms with E-state index in [4.69, 9.17) is 0 Å².